The van der Waals surface area contributed by atoms with Gasteiger partial charge in [-0.1, -0.05) is 0 Å². The van der Waals surface area contributed by atoms with Gasteiger partial charge in [0.1, 0.15) is 0 Å². The molecule has 0 amide bonds. The minimum atomic E-state index is -0.457. The van der Waals surface area contributed by atoms with Crippen LogP contribution in [0.4, 0.5) is 0 Å². The monoisotopic (exact) mass is 288 g/mol. The highest BCUT2D eigenvalue weighted by Gasteiger charge is 2.42. The Hall–Kier alpha value is -1.84. The average molecular weight is 288 g/mol. The summed E-state index contributed by atoms with van der Waals surface area (Å²) in [5.74, 6) is 0.140. The molecule has 112 valence electrons. The van der Waals surface area contributed by atoms with Gasteiger partial charge in [0.15, 0.2) is 0 Å². The minimum absolute atomic E-state index is 0.383. The lowest BCUT2D eigenvalue weighted by molar-refractivity contribution is 0.0553. The summed E-state index contributed by atoms with van der Waals surface area (Å²) in [6, 6.07) is 0. The van der Waals surface area contributed by atoms with E-state index in [1.807, 2.05) is 13.8 Å². The van der Waals surface area contributed by atoms with Crippen molar-refractivity contribution in [2.24, 2.45) is 0 Å². The summed E-state index contributed by atoms with van der Waals surface area (Å²) in [7, 11) is 2.69. The van der Waals surface area contributed by atoms with Crippen LogP contribution >= 0.6 is 0 Å². The fraction of sp³-hybridized carbons (Fsp3) is 0.529. The van der Waals surface area contributed by atoms with E-state index in [0.29, 0.717) is 23.0 Å². The van der Waals surface area contributed by atoms with Crippen molar-refractivity contribution in [1.29, 1.82) is 0 Å². The van der Waals surface area contributed by atoms with E-state index in [1.165, 1.54) is 38.2 Å². The lowest BCUT2D eigenvalue weighted by Crippen LogP contribution is -2.19. The molecule has 3 rings (SSSR count). The quantitative estimate of drug-likeness (QED) is 0.784. The first-order valence-electron chi connectivity index (χ1n) is 7.34. The van der Waals surface area contributed by atoms with Crippen LogP contribution < -0.4 is 0 Å². The number of rotatable bonds is 2. The Labute approximate surface area is 124 Å². The van der Waals surface area contributed by atoms with E-state index >= 15 is 0 Å². The lowest BCUT2D eigenvalue weighted by atomic mass is 9.80. The zero-order valence-electron chi connectivity index (χ0n) is 12.9. The number of hydrogen-bond acceptors (Lipinski definition) is 4. The number of ether oxygens (including phenoxy) is 2. The maximum atomic E-state index is 12.2. The molecule has 0 aromatic heterocycles. The van der Waals surface area contributed by atoms with Gasteiger partial charge in [0.25, 0.3) is 0 Å². The molecule has 1 saturated carbocycles. The van der Waals surface area contributed by atoms with Gasteiger partial charge in [0.05, 0.1) is 25.3 Å². The van der Waals surface area contributed by atoms with E-state index in [-0.39, 0.29) is 0 Å². The van der Waals surface area contributed by atoms with Crippen LogP contribution in [0.15, 0.2) is 0 Å². The lowest BCUT2D eigenvalue weighted by Gasteiger charge is -2.24. The Morgan fingerprint density at radius 2 is 1.24 bits per heavy atom. The zero-order valence-corrected chi connectivity index (χ0v) is 12.9. The molecular weight excluding hydrogens is 268 g/mol. The summed E-state index contributed by atoms with van der Waals surface area (Å²) >= 11 is 0. The molecule has 0 N–H and O–H groups in total. The Balaban J connectivity index is 2.34. The van der Waals surface area contributed by atoms with Crippen LogP contribution in [0, 0.1) is 13.8 Å². The van der Waals surface area contributed by atoms with Crippen LogP contribution in [0.3, 0.4) is 0 Å². The second kappa shape index (κ2) is 4.86. The van der Waals surface area contributed by atoms with Crippen molar-refractivity contribution in [2.45, 2.75) is 44.9 Å². The summed E-state index contributed by atoms with van der Waals surface area (Å²) in [6.45, 7) is 3.86. The van der Waals surface area contributed by atoms with Gasteiger partial charge >= 0.3 is 11.9 Å². The molecule has 0 saturated heterocycles. The second-order valence-electron chi connectivity index (χ2n) is 6.02. The smallest absolute Gasteiger partial charge is 0.339 e. The number of methoxy groups -OCH3 is 2. The molecule has 2 atom stereocenters. The first-order valence-corrected chi connectivity index (χ1v) is 7.34. The van der Waals surface area contributed by atoms with Crippen molar-refractivity contribution in [2.75, 3.05) is 14.2 Å². The summed E-state index contributed by atoms with van der Waals surface area (Å²) < 4.78 is 9.80. The summed E-state index contributed by atoms with van der Waals surface area (Å²) in [4.78, 5) is 24.4. The van der Waals surface area contributed by atoms with Crippen molar-refractivity contribution < 1.29 is 19.1 Å². The molecule has 2 unspecified atom stereocenters. The number of carbonyl (C=O) groups excluding carboxylic acids is 2. The van der Waals surface area contributed by atoms with Crippen LogP contribution in [0.5, 0.6) is 0 Å². The number of carbonyl (C=O) groups is 2. The van der Waals surface area contributed by atoms with Crippen molar-refractivity contribution in [3.63, 3.8) is 0 Å². The molecule has 0 heterocycles. The molecule has 0 aliphatic heterocycles. The van der Waals surface area contributed by atoms with Gasteiger partial charge in [-0.15, -0.1) is 0 Å². The van der Waals surface area contributed by atoms with Gasteiger partial charge < -0.3 is 9.47 Å². The molecule has 21 heavy (non-hydrogen) atoms. The van der Waals surface area contributed by atoms with Crippen LogP contribution in [0.25, 0.3) is 0 Å². The van der Waals surface area contributed by atoms with Crippen molar-refractivity contribution in [1.82, 2.24) is 0 Å². The third-order valence-electron chi connectivity index (χ3n) is 5.13. The SMILES string of the molecule is COC(=O)c1c(C)c2c(c(C)c1C(=O)OC)C1CCC2C1. The highest BCUT2D eigenvalue weighted by atomic mass is 16.5. The predicted molar refractivity (Wildman–Crippen MR) is 77.9 cm³/mol. The molecule has 2 aliphatic carbocycles. The molecule has 0 spiro atoms. The first-order chi connectivity index (χ1) is 10.0. The predicted octanol–water partition coefficient (Wildman–Crippen LogP) is 3.24. The van der Waals surface area contributed by atoms with Gasteiger partial charge in [-0.3, -0.25) is 0 Å². The van der Waals surface area contributed by atoms with Crippen molar-refractivity contribution in [3.8, 4) is 0 Å². The van der Waals surface area contributed by atoms with Gasteiger partial charge in [-0.05, 0) is 67.2 Å². The summed E-state index contributed by atoms with van der Waals surface area (Å²) in [5.41, 5.74) is 5.11. The van der Waals surface area contributed by atoms with E-state index in [2.05, 4.69) is 0 Å². The molecule has 2 bridgehead atoms. The number of fused-ring (bicyclic) bond motifs is 5. The Morgan fingerprint density at radius 1 is 0.857 bits per heavy atom. The number of hydrogen-bond donors (Lipinski definition) is 0. The molecule has 4 heteroatoms. The number of benzene rings is 1. The third kappa shape index (κ3) is 1.81. The van der Waals surface area contributed by atoms with Crippen molar-refractivity contribution >= 4 is 11.9 Å². The zero-order chi connectivity index (χ0) is 15.3. The van der Waals surface area contributed by atoms with E-state index in [1.54, 1.807) is 0 Å². The van der Waals surface area contributed by atoms with E-state index in [9.17, 15) is 9.59 Å². The van der Waals surface area contributed by atoms with E-state index in [4.69, 9.17) is 9.47 Å². The maximum absolute atomic E-state index is 12.2. The molecule has 1 aromatic rings. The molecule has 1 aromatic carbocycles. The van der Waals surface area contributed by atoms with Gasteiger partial charge in [-0.2, -0.15) is 0 Å². The van der Waals surface area contributed by atoms with Crippen molar-refractivity contribution in [3.05, 3.63) is 33.4 Å². The van der Waals surface area contributed by atoms with E-state index < -0.39 is 11.9 Å². The maximum Gasteiger partial charge on any atom is 0.339 e. The first kappa shape index (κ1) is 14.1. The standard InChI is InChI=1S/C17H20O4/c1-8-12-10-5-6-11(7-10)13(12)9(2)15(17(19)21-4)14(8)16(18)20-3/h10-11H,5-7H2,1-4H3. The Bertz CT molecular complexity index is 590. The van der Waals surface area contributed by atoms with Gasteiger partial charge in [0.2, 0.25) is 0 Å². The average Bonchev–Trinajstić information content (AvgIpc) is 3.10. The number of esters is 2. The molecular formula is C17H20O4. The highest BCUT2D eigenvalue weighted by Crippen LogP contribution is 2.56. The third-order valence-corrected chi connectivity index (χ3v) is 5.13. The van der Waals surface area contributed by atoms with Crippen LogP contribution in [0.1, 0.15) is 74.1 Å². The van der Waals surface area contributed by atoms with E-state index in [0.717, 1.165) is 17.5 Å². The fourth-order valence-corrected chi connectivity index (χ4v) is 4.32. The molecule has 0 radical (unpaired) electrons. The van der Waals surface area contributed by atoms with Crippen LogP contribution in [0.2, 0.25) is 0 Å². The topological polar surface area (TPSA) is 52.6 Å². The highest BCUT2D eigenvalue weighted by molar-refractivity contribution is 6.06. The molecule has 2 aliphatic rings. The molecule has 1 fully saturated rings. The Morgan fingerprint density at radius 3 is 1.57 bits per heavy atom. The largest absolute Gasteiger partial charge is 0.465 e. The Kier molecular flexibility index (Phi) is 3.27. The second-order valence-corrected chi connectivity index (χ2v) is 6.02. The molecule has 4 nitrogen and oxygen atoms in total. The van der Waals surface area contributed by atoms with Gasteiger partial charge in [0, 0.05) is 0 Å². The summed E-state index contributed by atoms with van der Waals surface area (Å²) in [6.07, 6.45) is 3.49. The fourth-order valence-electron chi connectivity index (χ4n) is 4.32. The van der Waals surface area contributed by atoms with Gasteiger partial charge in [-0.25, -0.2) is 9.59 Å². The normalized spacial score (nSPS) is 22.1. The van der Waals surface area contributed by atoms with Crippen LogP contribution in [-0.4, -0.2) is 26.2 Å². The van der Waals surface area contributed by atoms with Crippen LogP contribution in [-0.2, 0) is 9.47 Å². The minimum Gasteiger partial charge on any atom is -0.465 e. The summed E-state index contributed by atoms with van der Waals surface area (Å²) in [5, 5.41) is 0.